The van der Waals surface area contributed by atoms with E-state index in [0.717, 1.165) is 24.7 Å². The molecule has 1 atom stereocenters. The second-order valence-corrected chi connectivity index (χ2v) is 5.71. The highest BCUT2D eigenvalue weighted by atomic mass is 19.1. The number of aromatic nitrogens is 3. The number of aliphatic hydroxyl groups is 1. The molecule has 1 aliphatic rings. The van der Waals surface area contributed by atoms with Gasteiger partial charge in [-0.2, -0.15) is 5.10 Å². The lowest BCUT2D eigenvalue weighted by molar-refractivity contribution is 0.0704. The molecule has 1 unspecified atom stereocenters. The minimum absolute atomic E-state index is 0.0446. The molecule has 0 aromatic carbocycles. The van der Waals surface area contributed by atoms with Crippen molar-refractivity contribution in [3.8, 4) is 0 Å². The van der Waals surface area contributed by atoms with Gasteiger partial charge in [0.2, 0.25) is 0 Å². The van der Waals surface area contributed by atoms with Crippen molar-refractivity contribution in [3.63, 3.8) is 0 Å². The molecular weight excluding hydrogens is 299 g/mol. The molecule has 6 nitrogen and oxygen atoms in total. The zero-order chi connectivity index (χ0) is 16.2. The average Bonchev–Trinajstić information content (AvgIpc) is 3.03. The van der Waals surface area contributed by atoms with Crippen LogP contribution in [0.1, 0.15) is 34.8 Å². The van der Waals surface area contributed by atoms with Crippen molar-refractivity contribution in [3.05, 3.63) is 47.8 Å². The van der Waals surface area contributed by atoms with Gasteiger partial charge in [-0.15, -0.1) is 0 Å². The number of carbonyl (C=O) groups excluding carboxylic acids is 1. The normalized spacial score (nSPS) is 18.2. The molecule has 1 N–H and O–H groups in total. The second-order valence-electron chi connectivity index (χ2n) is 5.71. The number of aliphatic hydroxyl groups excluding tert-OH is 1. The summed E-state index contributed by atoms with van der Waals surface area (Å²) in [4.78, 5) is 18.0. The standard InChI is InChI=1S/C16H19FN4O2/c17-14-8-13(9-18-10-14)16(23)20-4-1-2-12(11-20)15-3-5-21(19-15)6-7-22/h3,5,8-10,12,22H,1-2,4,6-7,11H2. The van der Waals surface area contributed by atoms with Crippen LogP contribution in [-0.4, -0.2) is 50.4 Å². The van der Waals surface area contributed by atoms with E-state index in [1.54, 1.807) is 9.58 Å². The molecule has 1 saturated heterocycles. The predicted molar refractivity (Wildman–Crippen MR) is 81.4 cm³/mol. The summed E-state index contributed by atoms with van der Waals surface area (Å²) in [5, 5.41) is 13.4. The van der Waals surface area contributed by atoms with Crippen molar-refractivity contribution in [1.82, 2.24) is 19.7 Å². The predicted octanol–water partition coefficient (Wildman–Crippen LogP) is 1.43. The summed E-state index contributed by atoms with van der Waals surface area (Å²) in [5.74, 6) is -0.544. The van der Waals surface area contributed by atoms with Gasteiger partial charge in [0.15, 0.2) is 0 Å². The van der Waals surface area contributed by atoms with Crippen LogP contribution in [0.3, 0.4) is 0 Å². The van der Waals surface area contributed by atoms with E-state index in [4.69, 9.17) is 5.11 Å². The van der Waals surface area contributed by atoms with E-state index in [-0.39, 0.29) is 24.0 Å². The van der Waals surface area contributed by atoms with Crippen LogP contribution in [0.5, 0.6) is 0 Å². The molecule has 3 heterocycles. The highest BCUT2D eigenvalue weighted by Gasteiger charge is 2.27. The lowest BCUT2D eigenvalue weighted by Gasteiger charge is -2.32. The Hall–Kier alpha value is -2.28. The summed E-state index contributed by atoms with van der Waals surface area (Å²) in [5.41, 5.74) is 1.20. The third-order valence-corrected chi connectivity index (χ3v) is 4.07. The number of piperidine rings is 1. The minimum atomic E-state index is -0.507. The molecule has 1 aliphatic heterocycles. The first-order valence-corrected chi connectivity index (χ1v) is 7.71. The summed E-state index contributed by atoms with van der Waals surface area (Å²) in [7, 11) is 0. The summed E-state index contributed by atoms with van der Waals surface area (Å²) in [6.07, 6.45) is 6.16. The van der Waals surface area contributed by atoms with E-state index in [1.165, 1.54) is 12.3 Å². The van der Waals surface area contributed by atoms with Crippen LogP contribution in [0.15, 0.2) is 30.7 Å². The van der Waals surface area contributed by atoms with Crippen molar-refractivity contribution >= 4 is 5.91 Å². The lowest BCUT2D eigenvalue weighted by atomic mass is 9.94. The molecule has 7 heteroatoms. The molecule has 0 saturated carbocycles. The van der Waals surface area contributed by atoms with Gasteiger partial charge in [0, 0.05) is 31.4 Å². The van der Waals surface area contributed by atoms with E-state index in [2.05, 4.69) is 10.1 Å². The molecule has 23 heavy (non-hydrogen) atoms. The first-order valence-electron chi connectivity index (χ1n) is 7.71. The van der Waals surface area contributed by atoms with Crippen LogP contribution in [-0.2, 0) is 6.54 Å². The number of likely N-dealkylation sites (tertiary alicyclic amines) is 1. The molecule has 0 spiro atoms. The van der Waals surface area contributed by atoms with Gasteiger partial charge in [-0.3, -0.25) is 14.5 Å². The van der Waals surface area contributed by atoms with Gasteiger partial charge < -0.3 is 10.0 Å². The van der Waals surface area contributed by atoms with E-state index in [0.29, 0.717) is 19.6 Å². The monoisotopic (exact) mass is 318 g/mol. The molecular formula is C16H19FN4O2. The number of hydrogen-bond acceptors (Lipinski definition) is 4. The van der Waals surface area contributed by atoms with Crippen LogP contribution in [0, 0.1) is 5.82 Å². The Labute approximate surface area is 133 Å². The average molecular weight is 318 g/mol. The Balaban J connectivity index is 1.71. The van der Waals surface area contributed by atoms with E-state index < -0.39 is 5.82 Å². The van der Waals surface area contributed by atoms with Gasteiger partial charge in [-0.05, 0) is 25.0 Å². The van der Waals surface area contributed by atoms with Crippen molar-refractivity contribution in [2.24, 2.45) is 0 Å². The Kier molecular flexibility index (Phi) is 4.66. The van der Waals surface area contributed by atoms with Gasteiger partial charge in [0.1, 0.15) is 5.82 Å². The largest absolute Gasteiger partial charge is 0.394 e. The van der Waals surface area contributed by atoms with Gasteiger partial charge in [-0.25, -0.2) is 4.39 Å². The van der Waals surface area contributed by atoms with E-state index >= 15 is 0 Å². The maximum Gasteiger partial charge on any atom is 0.255 e. The van der Waals surface area contributed by atoms with Crippen molar-refractivity contribution in [2.75, 3.05) is 19.7 Å². The molecule has 1 amide bonds. The summed E-state index contributed by atoms with van der Waals surface area (Å²) < 4.78 is 14.9. The topological polar surface area (TPSA) is 71.2 Å². The fourth-order valence-electron chi connectivity index (χ4n) is 2.94. The molecule has 122 valence electrons. The van der Waals surface area contributed by atoms with E-state index in [1.807, 2.05) is 12.3 Å². The summed E-state index contributed by atoms with van der Waals surface area (Å²) >= 11 is 0. The molecule has 3 rings (SSSR count). The van der Waals surface area contributed by atoms with Gasteiger partial charge in [-0.1, -0.05) is 0 Å². The quantitative estimate of drug-likeness (QED) is 0.926. The number of halogens is 1. The number of rotatable bonds is 4. The number of nitrogens with zero attached hydrogens (tertiary/aromatic N) is 4. The molecule has 0 bridgehead atoms. The van der Waals surface area contributed by atoms with Crippen molar-refractivity contribution in [2.45, 2.75) is 25.3 Å². The second kappa shape index (κ2) is 6.87. The van der Waals surface area contributed by atoms with Gasteiger partial charge >= 0.3 is 0 Å². The van der Waals surface area contributed by atoms with Crippen LogP contribution in [0.4, 0.5) is 4.39 Å². The number of hydrogen-bond donors (Lipinski definition) is 1. The highest BCUT2D eigenvalue weighted by molar-refractivity contribution is 5.94. The Bertz CT molecular complexity index is 688. The van der Waals surface area contributed by atoms with E-state index in [9.17, 15) is 9.18 Å². The Morgan fingerprint density at radius 2 is 2.30 bits per heavy atom. The van der Waals surface area contributed by atoms with Gasteiger partial charge in [0.05, 0.1) is 30.6 Å². The summed E-state index contributed by atoms with van der Waals surface area (Å²) in [6.45, 7) is 1.72. The molecule has 0 aliphatic carbocycles. The third kappa shape index (κ3) is 3.56. The van der Waals surface area contributed by atoms with Crippen LogP contribution >= 0.6 is 0 Å². The van der Waals surface area contributed by atoms with Crippen LogP contribution in [0.2, 0.25) is 0 Å². The molecule has 2 aromatic heterocycles. The minimum Gasteiger partial charge on any atom is -0.394 e. The van der Waals surface area contributed by atoms with Crippen LogP contribution < -0.4 is 0 Å². The Morgan fingerprint density at radius 3 is 3.09 bits per heavy atom. The third-order valence-electron chi connectivity index (χ3n) is 4.07. The molecule has 0 radical (unpaired) electrons. The number of carbonyl (C=O) groups is 1. The SMILES string of the molecule is O=C(c1cncc(F)c1)N1CCCC(c2ccn(CCO)n2)C1. The maximum absolute atomic E-state index is 13.2. The summed E-state index contributed by atoms with van der Waals surface area (Å²) in [6, 6.07) is 3.15. The highest BCUT2D eigenvalue weighted by Crippen LogP contribution is 2.26. The van der Waals surface area contributed by atoms with Gasteiger partial charge in [0.25, 0.3) is 5.91 Å². The Morgan fingerprint density at radius 1 is 1.43 bits per heavy atom. The first-order chi connectivity index (χ1) is 11.2. The molecule has 2 aromatic rings. The molecule has 1 fully saturated rings. The zero-order valence-electron chi connectivity index (χ0n) is 12.7. The zero-order valence-corrected chi connectivity index (χ0v) is 12.7. The number of amides is 1. The van der Waals surface area contributed by atoms with Crippen molar-refractivity contribution < 1.29 is 14.3 Å². The maximum atomic E-state index is 13.2. The van der Waals surface area contributed by atoms with Crippen LogP contribution in [0.25, 0.3) is 0 Å². The fourth-order valence-corrected chi connectivity index (χ4v) is 2.94. The lowest BCUT2D eigenvalue weighted by Crippen LogP contribution is -2.39. The smallest absolute Gasteiger partial charge is 0.255 e. The number of pyridine rings is 1. The fraction of sp³-hybridized carbons (Fsp3) is 0.438. The first kappa shape index (κ1) is 15.6. The van der Waals surface area contributed by atoms with Crippen molar-refractivity contribution in [1.29, 1.82) is 0 Å².